The third-order valence-electron chi connectivity index (χ3n) is 3.11. The van der Waals surface area contributed by atoms with Crippen LogP contribution in [-0.4, -0.2) is 17.3 Å². The van der Waals surface area contributed by atoms with E-state index in [0.29, 0.717) is 12.2 Å². The van der Waals surface area contributed by atoms with Crippen LogP contribution in [0.15, 0.2) is 18.2 Å². The number of hydrogen-bond acceptors (Lipinski definition) is 2. The fraction of sp³-hybridized carbons (Fsp3) is 0.500. The highest BCUT2D eigenvalue weighted by molar-refractivity contribution is 5.62. The Morgan fingerprint density at radius 3 is 2.47 bits per heavy atom. The molecule has 0 bridgehead atoms. The highest BCUT2D eigenvalue weighted by Gasteiger charge is 2.42. The third kappa shape index (κ3) is 2.11. The van der Waals surface area contributed by atoms with Gasteiger partial charge < -0.3 is 10.4 Å². The van der Waals surface area contributed by atoms with Gasteiger partial charge in [-0.05, 0) is 31.5 Å². The molecule has 1 heterocycles. The monoisotopic (exact) mass is 245 g/mol. The van der Waals surface area contributed by atoms with Crippen LogP contribution in [-0.2, 0) is 6.18 Å². The molecule has 0 aliphatic carbocycles. The fourth-order valence-electron chi connectivity index (χ4n) is 2.26. The lowest BCUT2D eigenvalue weighted by Gasteiger charge is -2.27. The van der Waals surface area contributed by atoms with E-state index in [1.54, 1.807) is 6.07 Å². The number of anilines is 1. The topological polar surface area (TPSA) is 32.3 Å². The van der Waals surface area contributed by atoms with Crippen molar-refractivity contribution < 1.29 is 18.3 Å². The molecule has 1 aromatic carbocycles. The van der Waals surface area contributed by atoms with Crippen LogP contribution in [0, 0.1) is 0 Å². The fourth-order valence-corrected chi connectivity index (χ4v) is 2.26. The van der Waals surface area contributed by atoms with Crippen LogP contribution < -0.4 is 5.32 Å². The molecule has 1 unspecified atom stereocenters. The standard InChI is InChI=1S/C12H14F3NO/c1-11(2,17)8-6-16-9-5-3-4-7(10(8)9)12(13,14)15/h3-5,8,16-17H,6H2,1-2H3. The largest absolute Gasteiger partial charge is 0.416 e. The van der Waals surface area contributed by atoms with Crippen LogP contribution in [0.2, 0.25) is 0 Å². The Hall–Kier alpha value is -1.23. The van der Waals surface area contributed by atoms with Crippen molar-refractivity contribution in [2.75, 3.05) is 11.9 Å². The van der Waals surface area contributed by atoms with Gasteiger partial charge in [-0.1, -0.05) is 6.07 Å². The Kier molecular flexibility index (Phi) is 2.61. The molecular weight excluding hydrogens is 231 g/mol. The van der Waals surface area contributed by atoms with E-state index >= 15 is 0 Å². The van der Waals surface area contributed by atoms with Gasteiger partial charge in [-0.2, -0.15) is 13.2 Å². The van der Waals surface area contributed by atoms with Crippen LogP contribution in [0.25, 0.3) is 0 Å². The summed E-state index contributed by atoms with van der Waals surface area (Å²) in [5.41, 5.74) is -1.20. The summed E-state index contributed by atoms with van der Waals surface area (Å²) < 4.78 is 38.7. The molecule has 2 rings (SSSR count). The molecule has 1 aromatic rings. The molecule has 94 valence electrons. The van der Waals surface area contributed by atoms with Gasteiger partial charge >= 0.3 is 6.18 Å². The maximum Gasteiger partial charge on any atom is 0.416 e. The van der Waals surface area contributed by atoms with E-state index in [4.69, 9.17) is 0 Å². The van der Waals surface area contributed by atoms with Crippen LogP contribution >= 0.6 is 0 Å². The van der Waals surface area contributed by atoms with Gasteiger partial charge in [0.05, 0.1) is 11.2 Å². The summed E-state index contributed by atoms with van der Waals surface area (Å²) in [6.45, 7) is 3.38. The molecule has 0 spiro atoms. The summed E-state index contributed by atoms with van der Waals surface area (Å²) in [4.78, 5) is 0. The molecule has 0 aromatic heterocycles. The van der Waals surface area contributed by atoms with Crippen molar-refractivity contribution in [1.82, 2.24) is 0 Å². The number of aliphatic hydroxyl groups is 1. The number of alkyl halides is 3. The summed E-state index contributed by atoms with van der Waals surface area (Å²) in [6.07, 6.45) is -4.39. The van der Waals surface area contributed by atoms with Gasteiger partial charge in [-0.15, -0.1) is 0 Å². The molecule has 0 saturated heterocycles. The first-order valence-corrected chi connectivity index (χ1v) is 5.37. The van der Waals surface area contributed by atoms with Crippen LogP contribution in [0.4, 0.5) is 18.9 Å². The van der Waals surface area contributed by atoms with Crippen LogP contribution in [0.3, 0.4) is 0 Å². The zero-order valence-corrected chi connectivity index (χ0v) is 9.60. The van der Waals surface area contributed by atoms with Gasteiger partial charge in [-0.25, -0.2) is 0 Å². The minimum Gasteiger partial charge on any atom is -0.390 e. The van der Waals surface area contributed by atoms with E-state index in [9.17, 15) is 18.3 Å². The van der Waals surface area contributed by atoms with Gasteiger partial charge in [0.1, 0.15) is 0 Å². The van der Waals surface area contributed by atoms with Crippen molar-refractivity contribution in [2.24, 2.45) is 0 Å². The summed E-state index contributed by atoms with van der Waals surface area (Å²) in [7, 11) is 0. The SMILES string of the molecule is CC(C)(O)C1CNc2cccc(C(F)(F)F)c21. The molecule has 17 heavy (non-hydrogen) atoms. The van der Waals surface area contributed by atoms with Crippen molar-refractivity contribution in [1.29, 1.82) is 0 Å². The highest BCUT2D eigenvalue weighted by atomic mass is 19.4. The lowest BCUT2D eigenvalue weighted by molar-refractivity contribution is -0.138. The number of fused-ring (bicyclic) bond motifs is 1. The lowest BCUT2D eigenvalue weighted by atomic mass is 9.84. The van der Waals surface area contributed by atoms with Crippen LogP contribution in [0.1, 0.15) is 30.9 Å². The van der Waals surface area contributed by atoms with Gasteiger partial charge in [-0.3, -0.25) is 0 Å². The molecule has 2 N–H and O–H groups in total. The first-order valence-electron chi connectivity index (χ1n) is 5.37. The highest BCUT2D eigenvalue weighted by Crippen LogP contribution is 2.45. The summed E-state index contributed by atoms with van der Waals surface area (Å²) >= 11 is 0. The van der Waals surface area contributed by atoms with Gasteiger partial charge in [0.2, 0.25) is 0 Å². The van der Waals surface area contributed by atoms with Gasteiger partial charge in [0.15, 0.2) is 0 Å². The Morgan fingerprint density at radius 1 is 1.29 bits per heavy atom. The summed E-state index contributed by atoms with van der Waals surface area (Å²) in [5, 5.41) is 12.9. The minimum absolute atomic E-state index is 0.174. The van der Waals surface area contributed by atoms with Gasteiger partial charge in [0, 0.05) is 18.2 Å². The molecule has 2 nitrogen and oxygen atoms in total. The molecule has 0 radical (unpaired) electrons. The van der Waals surface area contributed by atoms with Crippen molar-refractivity contribution in [3.8, 4) is 0 Å². The van der Waals surface area contributed by atoms with E-state index in [0.717, 1.165) is 6.07 Å². The lowest BCUT2D eigenvalue weighted by Crippen LogP contribution is -2.31. The first-order chi connectivity index (χ1) is 7.71. The maximum absolute atomic E-state index is 12.9. The average Bonchev–Trinajstić information content (AvgIpc) is 2.57. The quantitative estimate of drug-likeness (QED) is 0.797. The Labute approximate surface area is 97.5 Å². The molecule has 1 aliphatic rings. The molecule has 0 saturated carbocycles. The molecule has 0 fully saturated rings. The molecular formula is C12H14F3NO. The zero-order valence-electron chi connectivity index (χ0n) is 9.60. The number of halogens is 3. The first kappa shape index (κ1) is 12.2. The molecule has 1 atom stereocenters. The zero-order chi connectivity index (χ0) is 12.8. The van der Waals surface area contributed by atoms with Gasteiger partial charge in [0.25, 0.3) is 0 Å². The van der Waals surface area contributed by atoms with E-state index in [2.05, 4.69) is 5.32 Å². The summed E-state index contributed by atoms with van der Waals surface area (Å²) in [5.74, 6) is -0.546. The molecule has 0 amide bonds. The predicted molar refractivity (Wildman–Crippen MR) is 59.0 cm³/mol. The Bertz CT molecular complexity index is 434. The molecule has 1 aliphatic heterocycles. The predicted octanol–water partition coefficient (Wildman–Crippen LogP) is 2.99. The van der Waals surface area contributed by atoms with E-state index in [1.807, 2.05) is 0 Å². The van der Waals surface area contributed by atoms with Crippen molar-refractivity contribution >= 4 is 5.69 Å². The van der Waals surface area contributed by atoms with Crippen molar-refractivity contribution in [3.63, 3.8) is 0 Å². The number of benzene rings is 1. The summed E-state index contributed by atoms with van der Waals surface area (Å²) in [6, 6.07) is 4.04. The number of rotatable bonds is 1. The van der Waals surface area contributed by atoms with E-state index in [1.165, 1.54) is 19.9 Å². The maximum atomic E-state index is 12.9. The Balaban J connectivity index is 2.57. The van der Waals surface area contributed by atoms with Crippen molar-refractivity contribution in [3.05, 3.63) is 29.3 Å². The molecule has 5 heteroatoms. The third-order valence-corrected chi connectivity index (χ3v) is 3.11. The van der Waals surface area contributed by atoms with Crippen molar-refractivity contribution in [2.45, 2.75) is 31.5 Å². The minimum atomic E-state index is -4.39. The second-order valence-corrected chi connectivity index (χ2v) is 4.85. The normalized spacial score (nSPS) is 20.0. The number of nitrogens with one attached hydrogen (secondary N) is 1. The second kappa shape index (κ2) is 3.63. The van der Waals surface area contributed by atoms with Crippen LogP contribution in [0.5, 0.6) is 0 Å². The van der Waals surface area contributed by atoms with E-state index in [-0.39, 0.29) is 5.56 Å². The number of hydrogen-bond donors (Lipinski definition) is 2. The van der Waals surface area contributed by atoms with E-state index < -0.39 is 23.3 Å². The average molecular weight is 245 g/mol. The second-order valence-electron chi connectivity index (χ2n) is 4.85. The smallest absolute Gasteiger partial charge is 0.390 e. The Morgan fingerprint density at radius 2 is 1.94 bits per heavy atom.